The lowest BCUT2D eigenvalue weighted by molar-refractivity contribution is -0.196. The molecule has 1 aromatic carbocycles. The van der Waals surface area contributed by atoms with Crippen LogP contribution in [0.1, 0.15) is 42.7 Å². The fraction of sp³-hybridized carbons (Fsp3) is 0.429. The summed E-state index contributed by atoms with van der Waals surface area (Å²) in [6.45, 7) is 0.245. The fourth-order valence-electron chi connectivity index (χ4n) is 5.42. The second kappa shape index (κ2) is 5.58. The van der Waals surface area contributed by atoms with Gasteiger partial charge in [0.25, 0.3) is 0 Å². The summed E-state index contributed by atoms with van der Waals surface area (Å²) in [5.74, 6) is -2.39. The van der Waals surface area contributed by atoms with Gasteiger partial charge in [-0.15, -0.1) is 0 Å². The predicted molar refractivity (Wildman–Crippen MR) is 93.9 cm³/mol. The van der Waals surface area contributed by atoms with Crippen molar-refractivity contribution in [1.82, 2.24) is 9.88 Å². The maximum absolute atomic E-state index is 13.5. The van der Waals surface area contributed by atoms with Crippen LogP contribution in [-0.4, -0.2) is 39.1 Å². The molecule has 3 aliphatic carbocycles. The first-order chi connectivity index (χ1) is 12.9. The predicted octanol–water partition coefficient (Wildman–Crippen LogP) is 2.91. The third kappa shape index (κ3) is 2.35. The summed E-state index contributed by atoms with van der Waals surface area (Å²) in [5.41, 5.74) is 1.73. The zero-order valence-electron chi connectivity index (χ0n) is 14.7. The molecule has 1 N–H and O–H groups in total. The summed E-state index contributed by atoms with van der Waals surface area (Å²) in [5, 5.41) is 10.6. The largest absolute Gasteiger partial charge is 0.391 e. The van der Waals surface area contributed by atoms with E-state index in [1.165, 1.54) is 11.6 Å². The van der Waals surface area contributed by atoms with Crippen LogP contribution in [0.25, 0.3) is 0 Å². The Bertz CT molecular complexity index is 898. The van der Waals surface area contributed by atoms with Crippen molar-refractivity contribution in [2.24, 2.45) is 0 Å². The minimum absolute atomic E-state index is 0.0157. The van der Waals surface area contributed by atoms with Crippen LogP contribution in [0.4, 0.5) is 8.78 Å². The molecular weight excluding hydrogens is 350 g/mol. The van der Waals surface area contributed by atoms with E-state index in [0.29, 0.717) is 5.56 Å². The molecule has 4 nitrogen and oxygen atoms in total. The number of amides is 1. The average molecular weight is 370 g/mol. The number of aliphatic hydroxyl groups is 1. The van der Waals surface area contributed by atoms with Gasteiger partial charge in [0.15, 0.2) is 11.6 Å². The van der Waals surface area contributed by atoms with E-state index in [1.54, 1.807) is 12.4 Å². The monoisotopic (exact) mass is 370 g/mol. The number of benzene rings is 1. The molecule has 6 rings (SSSR count). The van der Waals surface area contributed by atoms with Gasteiger partial charge in [-0.05, 0) is 54.7 Å². The molecule has 1 aliphatic heterocycles. The quantitative estimate of drug-likeness (QED) is 0.904. The first kappa shape index (κ1) is 16.8. The van der Waals surface area contributed by atoms with Gasteiger partial charge in [-0.3, -0.25) is 9.78 Å². The lowest BCUT2D eigenvalue weighted by Crippen LogP contribution is -2.78. The van der Waals surface area contributed by atoms with E-state index in [4.69, 9.17) is 0 Å². The summed E-state index contributed by atoms with van der Waals surface area (Å²) in [6, 6.07) is 7.66. The van der Waals surface area contributed by atoms with Gasteiger partial charge in [-0.25, -0.2) is 8.78 Å². The Morgan fingerprint density at radius 1 is 1.07 bits per heavy atom. The molecule has 2 atom stereocenters. The molecule has 1 saturated heterocycles. The van der Waals surface area contributed by atoms with Crippen LogP contribution in [0.2, 0.25) is 0 Å². The van der Waals surface area contributed by atoms with Crippen LogP contribution in [0.15, 0.2) is 42.7 Å². The van der Waals surface area contributed by atoms with Crippen LogP contribution in [0.3, 0.4) is 0 Å². The van der Waals surface area contributed by atoms with Crippen molar-refractivity contribution in [2.45, 2.75) is 48.7 Å². The number of aliphatic hydroxyl groups excluding tert-OH is 1. The standard InChI is InChI=1S/C21H20F2N2O2/c22-16-2-1-13(7-17(16)23)15-8-19(27)25(9-18(15)26)21-10-20(11-21,12-21)14-3-5-24-6-4-14/h1-7,15,18,26H,8-12H2/t15-,18+,20?,21?/m0/s1. The van der Waals surface area contributed by atoms with Crippen LogP contribution >= 0.6 is 0 Å². The zero-order chi connectivity index (χ0) is 18.8. The molecule has 2 aromatic rings. The van der Waals surface area contributed by atoms with E-state index in [2.05, 4.69) is 4.98 Å². The number of likely N-dealkylation sites (tertiary alicyclic amines) is 1. The van der Waals surface area contributed by atoms with Crippen LogP contribution in [-0.2, 0) is 10.2 Å². The van der Waals surface area contributed by atoms with Gasteiger partial charge in [0, 0.05) is 42.2 Å². The van der Waals surface area contributed by atoms with Gasteiger partial charge in [-0.1, -0.05) is 6.07 Å². The number of rotatable bonds is 3. The van der Waals surface area contributed by atoms with E-state index in [0.717, 1.165) is 31.4 Å². The first-order valence-corrected chi connectivity index (χ1v) is 9.27. The van der Waals surface area contributed by atoms with Gasteiger partial charge < -0.3 is 10.0 Å². The Morgan fingerprint density at radius 2 is 1.78 bits per heavy atom. The van der Waals surface area contributed by atoms with Crippen LogP contribution < -0.4 is 0 Å². The molecule has 2 bridgehead atoms. The van der Waals surface area contributed by atoms with Gasteiger partial charge >= 0.3 is 0 Å². The molecule has 1 aromatic heterocycles. The second-order valence-electron chi connectivity index (χ2n) is 8.33. The molecule has 4 fully saturated rings. The highest BCUT2D eigenvalue weighted by Gasteiger charge is 2.72. The molecule has 4 aliphatic rings. The van der Waals surface area contributed by atoms with E-state index in [9.17, 15) is 18.7 Å². The molecule has 140 valence electrons. The van der Waals surface area contributed by atoms with Crippen molar-refractivity contribution < 1.29 is 18.7 Å². The minimum Gasteiger partial charge on any atom is -0.391 e. The highest BCUT2D eigenvalue weighted by atomic mass is 19.2. The third-order valence-corrected chi connectivity index (χ3v) is 6.77. The van der Waals surface area contributed by atoms with E-state index in [-0.39, 0.29) is 29.8 Å². The molecule has 27 heavy (non-hydrogen) atoms. The summed E-state index contributed by atoms with van der Waals surface area (Å²) in [4.78, 5) is 18.7. The van der Waals surface area contributed by atoms with E-state index >= 15 is 0 Å². The summed E-state index contributed by atoms with van der Waals surface area (Å²) >= 11 is 0. The Morgan fingerprint density at radius 3 is 2.44 bits per heavy atom. The maximum Gasteiger partial charge on any atom is 0.223 e. The average Bonchev–Trinajstić information content (AvgIpc) is 2.59. The zero-order valence-corrected chi connectivity index (χ0v) is 14.7. The smallest absolute Gasteiger partial charge is 0.223 e. The molecule has 0 radical (unpaired) electrons. The van der Waals surface area contributed by atoms with E-state index in [1.807, 2.05) is 17.0 Å². The van der Waals surface area contributed by atoms with Gasteiger partial charge in [0.05, 0.1) is 6.10 Å². The number of hydrogen-bond donors (Lipinski definition) is 1. The van der Waals surface area contributed by atoms with Gasteiger partial charge in [-0.2, -0.15) is 0 Å². The number of β-amino-alcohol motifs (C(OH)–C–C–N with tert-alkyl or cyclic N) is 1. The van der Waals surface area contributed by atoms with Crippen molar-refractivity contribution >= 4 is 5.91 Å². The number of hydrogen-bond acceptors (Lipinski definition) is 3. The Hall–Kier alpha value is -2.34. The molecule has 0 unspecified atom stereocenters. The van der Waals surface area contributed by atoms with Gasteiger partial charge in [0.2, 0.25) is 5.91 Å². The van der Waals surface area contributed by atoms with Crippen molar-refractivity contribution in [3.63, 3.8) is 0 Å². The number of nitrogens with zero attached hydrogens (tertiary/aromatic N) is 2. The third-order valence-electron chi connectivity index (χ3n) is 6.77. The highest BCUT2D eigenvalue weighted by molar-refractivity contribution is 5.80. The normalized spacial score (nSPS) is 34.8. The number of carbonyl (C=O) groups excluding carboxylic acids is 1. The maximum atomic E-state index is 13.5. The minimum atomic E-state index is -0.951. The van der Waals surface area contributed by atoms with Crippen LogP contribution in [0, 0.1) is 11.6 Å². The molecule has 1 amide bonds. The highest BCUT2D eigenvalue weighted by Crippen LogP contribution is 2.70. The van der Waals surface area contributed by atoms with E-state index < -0.39 is 23.7 Å². The fourth-order valence-corrected chi connectivity index (χ4v) is 5.42. The molecule has 6 heteroatoms. The van der Waals surface area contributed by atoms with Crippen molar-refractivity contribution in [1.29, 1.82) is 0 Å². The number of carbonyl (C=O) groups is 1. The Kier molecular flexibility index (Phi) is 3.47. The van der Waals surface area contributed by atoms with Crippen molar-refractivity contribution in [2.75, 3.05) is 6.54 Å². The molecular formula is C21H20F2N2O2. The number of halogens is 2. The SMILES string of the molecule is O=C1C[C@@H](c2ccc(F)c(F)c2)[C@H](O)CN1C12CC(c3ccncc3)(C1)C2. The van der Waals surface area contributed by atoms with Crippen LogP contribution in [0.5, 0.6) is 0 Å². The lowest BCUT2D eigenvalue weighted by atomic mass is 9.37. The second-order valence-corrected chi connectivity index (χ2v) is 8.33. The number of piperidine rings is 1. The molecule has 0 spiro atoms. The number of aromatic nitrogens is 1. The lowest BCUT2D eigenvalue weighted by Gasteiger charge is -2.74. The summed E-state index contributed by atoms with van der Waals surface area (Å²) in [6.07, 6.45) is 5.68. The topological polar surface area (TPSA) is 53.4 Å². The first-order valence-electron chi connectivity index (χ1n) is 9.27. The van der Waals surface area contributed by atoms with Crippen molar-refractivity contribution in [3.8, 4) is 0 Å². The van der Waals surface area contributed by atoms with Crippen molar-refractivity contribution in [3.05, 3.63) is 65.5 Å². The summed E-state index contributed by atoms with van der Waals surface area (Å²) < 4.78 is 26.7. The molecule has 2 heterocycles. The summed E-state index contributed by atoms with van der Waals surface area (Å²) in [7, 11) is 0. The Balaban J connectivity index is 1.31. The molecule has 3 saturated carbocycles. The Labute approximate surface area is 155 Å². The van der Waals surface area contributed by atoms with Gasteiger partial charge in [0.1, 0.15) is 0 Å². The number of pyridine rings is 1.